The van der Waals surface area contributed by atoms with Crippen LogP contribution in [0.5, 0.6) is 5.75 Å². The third-order valence-corrected chi connectivity index (χ3v) is 6.83. The van der Waals surface area contributed by atoms with Crippen molar-refractivity contribution in [2.24, 2.45) is 0 Å². The zero-order valence-corrected chi connectivity index (χ0v) is 19.9. The van der Waals surface area contributed by atoms with Crippen LogP contribution in [0.3, 0.4) is 0 Å². The molecule has 0 bridgehead atoms. The minimum Gasteiger partial charge on any atom is -0.483 e. The van der Waals surface area contributed by atoms with Crippen LogP contribution in [0.25, 0.3) is 0 Å². The Kier molecular flexibility index (Phi) is 6.74. The highest BCUT2D eigenvalue weighted by atomic mass is 32.2. The molecular formula is C26H29NO4S. The summed E-state index contributed by atoms with van der Waals surface area (Å²) in [7, 11) is -4.12. The summed E-state index contributed by atoms with van der Waals surface area (Å²) in [6.45, 7) is 9.65. The number of hydrogen-bond acceptors (Lipinski definition) is 4. The van der Waals surface area contributed by atoms with Crippen molar-refractivity contribution in [3.05, 3.63) is 89.5 Å². The molecule has 5 nitrogen and oxygen atoms in total. The SMILES string of the molecule is Cc1ccc(S(=O)(=O)N(C(=O)COc2ccc(C)cc2C(C)(C)C)c2ccccc2)cc1. The number of nitrogens with zero attached hydrogens (tertiary/aromatic N) is 1. The van der Waals surface area contributed by atoms with Gasteiger partial charge in [-0.05, 0) is 55.2 Å². The molecule has 0 atom stereocenters. The summed E-state index contributed by atoms with van der Waals surface area (Å²) in [4.78, 5) is 13.3. The third kappa shape index (κ3) is 5.19. The van der Waals surface area contributed by atoms with Crippen LogP contribution in [0, 0.1) is 13.8 Å². The molecule has 168 valence electrons. The fraction of sp³-hybridized carbons (Fsp3) is 0.269. The van der Waals surface area contributed by atoms with E-state index in [1.54, 1.807) is 42.5 Å². The molecule has 0 aromatic heterocycles. The first-order valence-corrected chi connectivity index (χ1v) is 11.9. The summed E-state index contributed by atoms with van der Waals surface area (Å²) in [6.07, 6.45) is 0. The molecule has 0 saturated carbocycles. The summed E-state index contributed by atoms with van der Waals surface area (Å²) < 4.78 is 33.5. The summed E-state index contributed by atoms with van der Waals surface area (Å²) in [5.41, 5.74) is 3.04. The Labute approximate surface area is 190 Å². The van der Waals surface area contributed by atoms with Gasteiger partial charge >= 0.3 is 0 Å². The second-order valence-electron chi connectivity index (χ2n) is 8.85. The molecule has 0 saturated heterocycles. The number of benzene rings is 3. The van der Waals surface area contributed by atoms with E-state index < -0.39 is 22.5 Å². The molecule has 0 aliphatic heterocycles. The smallest absolute Gasteiger partial charge is 0.278 e. The maximum absolute atomic E-state index is 13.4. The number of carbonyl (C=O) groups is 1. The number of anilines is 1. The molecule has 1 amide bonds. The van der Waals surface area contributed by atoms with Gasteiger partial charge in [0.15, 0.2) is 6.61 Å². The van der Waals surface area contributed by atoms with Gasteiger partial charge < -0.3 is 4.74 Å². The minimum absolute atomic E-state index is 0.0472. The first-order chi connectivity index (χ1) is 15.0. The Morgan fingerprint density at radius 2 is 1.47 bits per heavy atom. The van der Waals surface area contributed by atoms with Gasteiger partial charge in [0.05, 0.1) is 10.6 Å². The van der Waals surface area contributed by atoms with Gasteiger partial charge in [0, 0.05) is 0 Å². The van der Waals surface area contributed by atoms with E-state index in [4.69, 9.17) is 4.74 Å². The van der Waals surface area contributed by atoms with Crippen molar-refractivity contribution >= 4 is 21.6 Å². The van der Waals surface area contributed by atoms with Crippen LogP contribution in [0.2, 0.25) is 0 Å². The van der Waals surface area contributed by atoms with Gasteiger partial charge in [-0.2, -0.15) is 4.31 Å². The quantitative estimate of drug-likeness (QED) is 0.503. The molecule has 0 radical (unpaired) electrons. The Hall–Kier alpha value is -3.12. The molecule has 32 heavy (non-hydrogen) atoms. The van der Waals surface area contributed by atoms with Crippen molar-refractivity contribution in [2.75, 3.05) is 10.9 Å². The topological polar surface area (TPSA) is 63.7 Å². The lowest BCUT2D eigenvalue weighted by molar-refractivity contribution is -0.119. The number of rotatable bonds is 6. The molecule has 0 unspecified atom stereocenters. The molecule has 3 aromatic carbocycles. The van der Waals surface area contributed by atoms with Crippen molar-refractivity contribution < 1.29 is 17.9 Å². The predicted molar refractivity (Wildman–Crippen MR) is 128 cm³/mol. The van der Waals surface area contributed by atoms with Crippen LogP contribution in [0.15, 0.2) is 77.7 Å². The van der Waals surface area contributed by atoms with Gasteiger partial charge in [-0.3, -0.25) is 4.79 Å². The van der Waals surface area contributed by atoms with Crippen LogP contribution >= 0.6 is 0 Å². The van der Waals surface area contributed by atoms with Gasteiger partial charge in [-0.1, -0.05) is 74.4 Å². The highest BCUT2D eigenvalue weighted by molar-refractivity contribution is 7.93. The van der Waals surface area contributed by atoms with E-state index >= 15 is 0 Å². The van der Waals surface area contributed by atoms with Crippen molar-refractivity contribution in [2.45, 2.75) is 44.9 Å². The maximum Gasteiger partial charge on any atom is 0.278 e. The van der Waals surface area contributed by atoms with Crippen LogP contribution in [-0.2, 0) is 20.2 Å². The highest BCUT2D eigenvalue weighted by Gasteiger charge is 2.31. The lowest BCUT2D eigenvalue weighted by Gasteiger charge is -2.25. The summed E-state index contributed by atoms with van der Waals surface area (Å²) in [6, 6.07) is 20.5. The lowest BCUT2D eigenvalue weighted by Crippen LogP contribution is -2.40. The average Bonchev–Trinajstić information content (AvgIpc) is 2.73. The summed E-state index contributed by atoms with van der Waals surface area (Å²) >= 11 is 0. The number of carbonyl (C=O) groups excluding carboxylic acids is 1. The van der Waals surface area contributed by atoms with E-state index in [2.05, 4.69) is 20.8 Å². The Morgan fingerprint density at radius 3 is 2.06 bits per heavy atom. The average molecular weight is 452 g/mol. The van der Waals surface area contributed by atoms with Crippen molar-refractivity contribution in [1.82, 2.24) is 0 Å². The lowest BCUT2D eigenvalue weighted by atomic mass is 9.85. The van der Waals surface area contributed by atoms with E-state index in [0.29, 0.717) is 5.75 Å². The number of aryl methyl sites for hydroxylation is 2. The molecule has 0 spiro atoms. The van der Waals surface area contributed by atoms with Gasteiger partial charge in [0.2, 0.25) is 0 Å². The van der Waals surface area contributed by atoms with E-state index in [9.17, 15) is 13.2 Å². The van der Waals surface area contributed by atoms with Gasteiger partial charge in [0.1, 0.15) is 5.75 Å². The van der Waals surface area contributed by atoms with E-state index in [1.807, 2.05) is 32.0 Å². The number of ether oxygens (including phenoxy) is 1. The van der Waals surface area contributed by atoms with Crippen LogP contribution < -0.4 is 9.04 Å². The summed E-state index contributed by atoms with van der Waals surface area (Å²) in [5.74, 6) is -0.102. The molecule has 3 rings (SSSR count). The van der Waals surface area contributed by atoms with Crippen molar-refractivity contribution in [3.63, 3.8) is 0 Å². The first kappa shape index (κ1) is 23.5. The Morgan fingerprint density at radius 1 is 0.875 bits per heavy atom. The highest BCUT2D eigenvalue weighted by Crippen LogP contribution is 2.32. The number of para-hydroxylation sites is 1. The van der Waals surface area contributed by atoms with Crippen LogP contribution in [-0.4, -0.2) is 20.9 Å². The fourth-order valence-electron chi connectivity index (χ4n) is 3.35. The molecule has 0 N–H and O–H groups in total. The molecule has 0 aliphatic rings. The fourth-order valence-corrected chi connectivity index (χ4v) is 4.76. The Bertz CT molecular complexity index is 1190. The maximum atomic E-state index is 13.4. The number of hydrogen-bond donors (Lipinski definition) is 0. The summed E-state index contributed by atoms with van der Waals surface area (Å²) in [5, 5.41) is 0. The first-order valence-electron chi connectivity index (χ1n) is 10.4. The molecule has 0 aliphatic carbocycles. The van der Waals surface area contributed by atoms with E-state index in [-0.39, 0.29) is 16.0 Å². The third-order valence-electron chi connectivity index (χ3n) is 5.07. The van der Waals surface area contributed by atoms with E-state index in [0.717, 1.165) is 21.0 Å². The van der Waals surface area contributed by atoms with Gasteiger partial charge in [-0.15, -0.1) is 0 Å². The zero-order valence-electron chi connectivity index (χ0n) is 19.1. The van der Waals surface area contributed by atoms with Crippen LogP contribution in [0.4, 0.5) is 5.69 Å². The Balaban J connectivity index is 1.96. The molecule has 0 fully saturated rings. The normalized spacial score (nSPS) is 11.8. The molecular weight excluding hydrogens is 422 g/mol. The van der Waals surface area contributed by atoms with Crippen molar-refractivity contribution in [1.29, 1.82) is 0 Å². The standard InChI is InChI=1S/C26H29NO4S/c1-19-11-14-22(15-12-19)32(29,30)27(21-9-7-6-8-10-21)25(28)18-31-24-16-13-20(2)17-23(24)26(3,4)5/h6-17H,18H2,1-5H3. The number of sulfonamides is 1. The molecule has 0 heterocycles. The van der Waals surface area contributed by atoms with Crippen molar-refractivity contribution in [3.8, 4) is 5.75 Å². The second-order valence-corrected chi connectivity index (χ2v) is 10.6. The minimum atomic E-state index is -4.12. The molecule has 3 aromatic rings. The second kappa shape index (κ2) is 9.17. The van der Waals surface area contributed by atoms with Crippen LogP contribution in [0.1, 0.15) is 37.5 Å². The number of amides is 1. The monoisotopic (exact) mass is 451 g/mol. The van der Waals surface area contributed by atoms with Gasteiger partial charge in [-0.25, -0.2) is 8.42 Å². The van der Waals surface area contributed by atoms with E-state index in [1.165, 1.54) is 12.1 Å². The predicted octanol–water partition coefficient (Wildman–Crippen LogP) is 5.40. The zero-order chi connectivity index (χ0) is 23.5. The largest absolute Gasteiger partial charge is 0.483 e. The van der Waals surface area contributed by atoms with Gasteiger partial charge in [0.25, 0.3) is 15.9 Å². The molecule has 6 heteroatoms.